The van der Waals surface area contributed by atoms with Crippen molar-refractivity contribution in [3.8, 4) is 0 Å². The molecule has 1 heterocycles. The maximum atomic E-state index is 13.2. The van der Waals surface area contributed by atoms with E-state index < -0.39 is 23.4 Å². The number of carbonyl (C=O) groups excluding carboxylic acids is 1. The van der Waals surface area contributed by atoms with Crippen LogP contribution in [0.2, 0.25) is 0 Å². The van der Waals surface area contributed by atoms with Crippen molar-refractivity contribution in [2.75, 3.05) is 0 Å². The molecule has 0 radical (unpaired) electrons. The minimum absolute atomic E-state index is 0.190. The molecule has 0 saturated carbocycles. The highest BCUT2D eigenvalue weighted by Gasteiger charge is 2.33. The lowest BCUT2D eigenvalue weighted by Gasteiger charge is -2.24. The molecule has 1 unspecified atom stereocenters. The van der Waals surface area contributed by atoms with Crippen molar-refractivity contribution < 1.29 is 19.1 Å². The van der Waals surface area contributed by atoms with Crippen LogP contribution in [0.1, 0.15) is 30.6 Å². The number of carboxylic acids is 1. The molecule has 17 heavy (non-hydrogen) atoms. The molecule has 5 nitrogen and oxygen atoms in total. The van der Waals surface area contributed by atoms with Crippen LogP contribution in [0.15, 0.2) is 18.3 Å². The molecule has 1 aromatic heterocycles. The van der Waals surface area contributed by atoms with Crippen molar-refractivity contribution in [2.45, 2.75) is 25.8 Å². The number of hydrogen-bond donors (Lipinski definition) is 2. The van der Waals surface area contributed by atoms with Crippen LogP contribution in [0.25, 0.3) is 0 Å². The molecule has 6 heteroatoms. The summed E-state index contributed by atoms with van der Waals surface area (Å²) >= 11 is 0. The third-order valence-corrected chi connectivity index (χ3v) is 2.57. The van der Waals surface area contributed by atoms with Crippen molar-refractivity contribution in [1.82, 2.24) is 10.3 Å². The number of carbonyl (C=O) groups is 2. The van der Waals surface area contributed by atoms with Crippen molar-refractivity contribution in [3.63, 3.8) is 0 Å². The zero-order chi connectivity index (χ0) is 13.1. The van der Waals surface area contributed by atoms with Crippen molar-refractivity contribution >= 4 is 11.9 Å². The van der Waals surface area contributed by atoms with Gasteiger partial charge in [0.2, 0.25) is 5.95 Å². The monoisotopic (exact) mass is 240 g/mol. The lowest BCUT2D eigenvalue weighted by Crippen LogP contribution is -2.51. The van der Waals surface area contributed by atoms with E-state index in [9.17, 15) is 14.0 Å². The number of hydrogen-bond acceptors (Lipinski definition) is 3. The van der Waals surface area contributed by atoms with Gasteiger partial charge in [-0.1, -0.05) is 6.92 Å². The molecule has 1 atom stereocenters. The van der Waals surface area contributed by atoms with Crippen LogP contribution >= 0.6 is 0 Å². The van der Waals surface area contributed by atoms with Crippen LogP contribution in [-0.4, -0.2) is 27.5 Å². The molecule has 0 aliphatic heterocycles. The largest absolute Gasteiger partial charge is 0.480 e. The second-order valence-corrected chi connectivity index (χ2v) is 3.79. The van der Waals surface area contributed by atoms with Crippen molar-refractivity contribution in [2.24, 2.45) is 0 Å². The number of amides is 1. The Hall–Kier alpha value is -1.98. The molecule has 92 valence electrons. The first kappa shape index (κ1) is 13.1. The number of carboxylic acid groups (broad SMARTS) is 1. The first-order valence-corrected chi connectivity index (χ1v) is 5.07. The first-order chi connectivity index (χ1) is 7.90. The van der Waals surface area contributed by atoms with E-state index in [4.69, 9.17) is 5.11 Å². The lowest BCUT2D eigenvalue weighted by molar-refractivity contribution is -0.143. The molecule has 0 aromatic carbocycles. The fourth-order valence-corrected chi connectivity index (χ4v) is 1.17. The van der Waals surface area contributed by atoms with Gasteiger partial charge in [0, 0.05) is 6.20 Å². The predicted octanol–water partition coefficient (Wildman–Crippen LogP) is 1.20. The molecule has 0 saturated heterocycles. The Morgan fingerprint density at radius 2 is 2.24 bits per heavy atom. The molecule has 0 spiro atoms. The first-order valence-electron chi connectivity index (χ1n) is 5.07. The van der Waals surface area contributed by atoms with E-state index in [-0.39, 0.29) is 12.0 Å². The van der Waals surface area contributed by atoms with E-state index in [0.29, 0.717) is 0 Å². The van der Waals surface area contributed by atoms with Crippen LogP contribution in [0.4, 0.5) is 4.39 Å². The highest BCUT2D eigenvalue weighted by atomic mass is 19.1. The van der Waals surface area contributed by atoms with Gasteiger partial charge in [0.25, 0.3) is 5.91 Å². The topological polar surface area (TPSA) is 79.3 Å². The van der Waals surface area contributed by atoms with E-state index in [0.717, 1.165) is 0 Å². The zero-order valence-electron chi connectivity index (χ0n) is 9.53. The smallest absolute Gasteiger partial charge is 0.329 e. The van der Waals surface area contributed by atoms with Gasteiger partial charge in [-0.3, -0.25) is 4.79 Å². The zero-order valence-corrected chi connectivity index (χ0v) is 9.53. The Balaban J connectivity index is 2.93. The molecule has 1 rings (SSSR count). The van der Waals surface area contributed by atoms with Crippen molar-refractivity contribution in [1.29, 1.82) is 0 Å². The number of nitrogens with one attached hydrogen (secondary N) is 1. The van der Waals surface area contributed by atoms with Crippen LogP contribution < -0.4 is 5.32 Å². The molecule has 0 bridgehead atoms. The summed E-state index contributed by atoms with van der Waals surface area (Å²) < 4.78 is 13.2. The number of aliphatic carboxylic acids is 1. The minimum atomic E-state index is -1.42. The third-order valence-electron chi connectivity index (χ3n) is 2.57. The van der Waals surface area contributed by atoms with Gasteiger partial charge in [-0.05, 0) is 25.5 Å². The lowest BCUT2D eigenvalue weighted by atomic mass is 9.99. The summed E-state index contributed by atoms with van der Waals surface area (Å²) in [5.74, 6) is -2.88. The SMILES string of the molecule is CCC(C)(NC(=O)c1cccnc1F)C(=O)O. The van der Waals surface area contributed by atoms with E-state index >= 15 is 0 Å². The fraction of sp³-hybridized carbons (Fsp3) is 0.364. The Morgan fingerprint density at radius 1 is 1.59 bits per heavy atom. The van der Waals surface area contributed by atoms with Crippen LogP contribution in [0.3, 0.4) is 0 Å². The van der Waals surface area contributed by atoms with Crippen LogP contribution in [0, 0.1) is 5.95 Å². The Labute approximate surface area is 97.7 Å². The molecular formula is C11H13FN2O3. The Morgan fingerprint density at radius 3 is 2.71 bits per heavy atom. The molecule has 2 N–H and O–H groups in total. The van der Waals surface area contributed by atoms with Gasteiger partial charge in [0.1, 0.15) is 5.54 Å². The third kappa shape index (κ3) is 2.77. The summed E-state index contributed by atoms with van der Waals surface area (Å²) in [7, 11) is 0. The van der Waals surface area contributed by atoms with Gasteiger partial charge in [-0.25, -0.2) is 9.78 Å². The van der Waals surface area contributed by atoms with Gasteiger partial charge < -0.3 is 10.4 Å². The molecule has 0 aliphatic rings. The van der Waals surface area contributed by atoms with Crippen LogP contribution in [-0.2, 0) is 4.79 Å². The highest BCUT2D eigenvalue weighted by Crippen LogP contribution is 2.12. The summed E-state index contributed by atoms with van der Waals surface area (Å²) in [5, 5.41) is 11.3. The summed E-state index contributed by atoms with van der Waals surface area (Å²) in [6.07, 6.45) is 1.40. The Kier molecular flexibility index (Phi) is 3.77. The average Bonchev–Trinajstić information content (AvgIpc) is 2.29. The molecule has 1 aromatic rings. The summed E-state index contributed by atoms with van der Waals surface area (Å²) in [5.41, 5.74) is -1.69. The van der Waals surface area contributed by atoms with Gasteiger partial charge in [-0.2, -0.15) is 4.39 Å². The second-order valence-electron chi connectivity index (χ2n) is 3.79. The molecule has 0 fully saturated rings. The number of rotatable bonds is 4. The fourth-order valence-electron chi connectivity index (χ4n) is 1.17. The number of nitrogens with zero attached hydrogens (tertiary/aromatic N) is 1. The predicted molar refractivity (Wildman–Crippen MR) is 58.0 cm³/mol. The van der Waals surface area contributed by atoms with E-state index in [1.54, 1.807) is 6.92 Å². The average molecular weight is 240 g/mol. The van der Waals surface area contributed by atoms with Gasteiger partial charge in [0.15, 0.2) is 0 Å². The summed E-state index contributed by atoms with van der Waals surface area (Å²) in [4.78, 5) is 26.0. The van der Waals surface area contributed by atoms with E-state index in [1.165, 1.54) is 25.3 Å². The minimum Gasteiger partial charge on any atom is -0.480 e. The van der Waals surface area contributed by atoms with Gasteiger partial charge >= 0.3 is 5.97 Å². The van der Waals surface area contributed by atoms with Crippen LogP contribution in [0.5, 0.6) is 0 Å². The molecule has 0 aliphatic carbocycles. The standard InChI is InChI=1S/C11H13FN2O3/c1-3-11(2,10(16)17)14-9(15)7-5-4-6-13-8(7)12/h4-6H,3H2,1-2H3,(H,14,15)(H,16,17). The van der Waals surface area contributed by atoms with E-state index in [1.807, 2.05) is 0 Å². The number of pyridine rings is 1. The Bertz CT molecular complexity index is 450. The highest BCUT2D eigenvalue weighted by molar-refractivity contribution is 5.97. The van der Waals surface area contributed by atoms with Gasteiger partial charge in [-0.15, -0.1) is 0 Å². The second kappa shape index (κ2) is 4.90. The number of halogens is 1. The molecule has 1 amide bonds. The summed E-state index contributed by atoms with van der Waals surface area (Å²) in [6, 6.07) is 2.65. The van der Waals surface area contributed by atoms with E-state index in [2.05, 4.69) is 10.3 Å². The normalized spacial score (nSPS) is 13.8. The maximum Gasteiger partial charge on any atom is 0.329 e. The summed E-state index contributed by atoms with van der Waals surface area (Å²) in [6.45, 7) is 2.98. The van der Waals surface area contributed by atoms with Gasteiger partial charge in [0.05, 0.1) is 5.56 Å². The molecular weight excluding hydrogens is 227 g/mol. The van der Waals surface area contributed by atoms with Crippen molar-refractivity contribution in [3.05, 3.63) is 29.8 Å². The number of aromatic nitrogens is 1. The maximum absolute atomic E-state index is 13.2. The quantitative estimate of drug-likeness (QED) is 0.775.